The van der Waals surface area contributed by atoms with Crippen molar-refractivity contribution in [2.75, 3.05) is 0 Å². The van der Waals surface area contributed by atoms with Crippen LogP contribution in [-0.2, 0) is 0 Å². The molecule has 2 heterocycles. The first-order chi connectivity index (χ1) is 8.75. The molecule has 0 bridgehead atoms. The van der Waals surface area contributed by atoms with Gasteiger partial charge in [0.15, 0.2) is 0 Å². The van der Waals surface area contributed by atoms with Gasteiger partial charge in [-0.15, -0.1) is 0 Å². The number of nitrogens with zero attached hydrogens (tertiary/aromatic N) is 2. The average molecular weight is 244 g/mol. The van der Waals surface area contributed by atoms with Gasteiger partial charge in [-0.25, -0.2) is 0 Å². The van der Waals surface area contributed by atoms with Crippen molar-refractivity contribution >= 4 is 0 Å². The normalized spacial score (nSPS) is 8.56. The molecule has 0 aliphatic carbocycles. The molecule has 0 fully saturated rings. The van der Waals surface area contributed by atoms with E-state index in [4.69, 9.17) is 0 Å². The fourth-order valence-electron chi connectivity index (χ4n) is 1.24. The van der Waals surface area contributed by atoms with Crippen molar-refractivity contribution in [2.45, 2.75) is 41.5 Å². The van der Waals surface area contributed by atoms with E-state index in [0.29, 0.717) is 0 Å². The highest BCUT2D eigenvalue weighted by Crippen LogP contribution is 2.13. The Morgan fingerprint density at radius 2 is 0.944 bits per heavy atom. The molecule has 2 rings (SSSR count). The van der Waals surface area contributed by atoms with Crippen molar-refractivity contribution < 1.29 is 0 Å². The lowest BCUT2D eigenvalue weighted by Crippen LogP contribution is -1.87. The van der Waals surface area contributed by atoms with Crippen LogP contribution in [0.5, 0.6) is 0 Å². The smallest absolute Gasteiger partial charge is 0.0886 e. The van der Waals surface area contributed by atoms with Crippen LogP contribution < -0.4 is 0 Å². The predicted molar refractivity (Wildman–Crippen MR) is 79.6 cm³/mol. The largest absolute Gasteiger partial charge is 0.254 e. The highest BCUT2D eigenvalue weighted by Gasteiger charge is 1.98. The standard InChI is InChI=1S/C12H12N2.2C2H6/c1-9-3-5-11(13-7-9)12-6-4-10(2)8-14-12;2*1-2/h3-8H,1-2H3;2*1-2H3. The molecule has 0 spiro atoms. The van der Waals surface area contributed by atoms with Gasteiger partial charge >= 0.3 is 0 Å². The second-order valence-electron chi connectivity index (χ2n) is 3.44. The number of pyridine rings is 2. The molecule has 0 N–H and O–H groups in total. The van der Waals surface area contributed by atoms with Gasteiger partial charge in [0.05, 0.1) is 11.4 Å². The molecule has 2 aromatic rings. The van der Waals surface area contributed by atoms with Crippen LogP contribution in [0.1, 0.15) is 38.8 Å². The highest BCUT2D eigenvalue weighted by molar-refractivity contribution is 5.53. The third kappa shape index (κ3) is 5.09. The van der Waals surface area contributed by atoms with E-state index in [0.717, 1.165) is 11.4 Å². The first-order valence-corrected chi connectivity index (χ1v) is 6.61. The van der Waals surface area contributed by atoms with E-state index in [1.165, 1.54) is 11.1 Å². The van der Waals surface area contributed by atoms with Crippen LogP contribution in [0, 0.1) is 13.8 Å². The van der Waals surface area contributed by atoms with Gasteiger partial charge in [-0.05, 0) is 37.1 Å². The highest BCUT2D eigenvalue weighted by atomic mass is 14.8. The molecule has 0 aliphatic rings. The number of aromatic nitrogens is 2. The van der Waals surface area contributed by atoms with Gasteiger partial charge in [0.1, 0.15) is 0 Å². The maximum atomic E-state index is 4.32. The second kappa shape index (κ2) is 9.34. The van der Waals surface area contributed by atoms with Crippen LogP contribution in [-0.4, -0.2) is 9.97 Å². The molecule has 98 valence electrons. The zero-order valence-electron chi connectivity index (χ0n) is 12.4. The van der Waals surface area contributed by atoms with E-state index >= 15 is 0 Å². The zero-order chi connectivity index (χ0) is 14.0. The molecule has 2 nitrogen and oxygen atoms in total. The molecule has 0 atom stereocenters. The topological polar surface area (TPSA) is 25.8 Å². The molecule has 0 radical (unpaired) electrons. The van der Waals surface area contributed by atoms with Gasteiger partial charge < -0.3 is 0 Å². The Labute approximate surface area is 111 Å². The van der Waals surface area contributed by atoms with Crippen LogP contribution in [0.15, 0.2) is 36.7 Å². The van der Waals surface area contributed by atoms with Crippen molar-refractivity contribution in [1.82, 2.24) is 9.97 Å². The van der Waals surface area contributed by atoms with E-state index in [-0.39, 0.29) is 0 Å². The Morgan fingerprint density at radius 1 is 0.611 bits per heavy atom. The van der Waals surface area contributed by atoms with Crippen LogP contribution in [0.3, 0.4) is 0 Å². The monoisotopic (exact) mass is 244 g/mol. The van der Waals surface area contributed by atoms with Crippen molar-refractivity contribution in [3.63, 3.8) is 0 Å². The first kappa shape index (κ1) is 16.3. The molecule has 0 aromatic carbocycles. The summed E-state index contributed by atoms with van der Waals surface area (Å²) in [5.41, 5.74) is 4.19. The van der Waals surface area contributed by atoms with E-state index in [1.807, 2.05) is 78.2 Å². The summed E-state index contributed by atoms with van der Waals surface area (Å²) in [6.45, 7) is 12.1. The van der Waals surface area contributed by atoms with Crippen molar-refractivity contribution in [3.05, 3.63) is 47.8 Å². The minimum atomic E-state index is 0.926. The minimum absolute atomic E-state index is 0.926. The van der Waals surface area contributed by atoms with E-state index in [9.17, 15) is 0 Å². The van der Waals surface area contributed by atoms with E-state index in [1.54, 1.807) is 0 Å². The summed E-state index contributed by atoms with van der Waals surface area (Å²) >= 11 is 0. The Morgan fingerprint density at radius 3 is 1.17 bits per heavy atom. The predicted octanol–water partition coefficient (Wildman–Crippen LogP) is 4.81. The molecular weight excluding hydrogens is 220 g/mol. The quantitative estimate of drug-likeness (QED) is 0.719. The fraction of sp³-hybridized carbons (Fsp3) is 0.375. The second-order valence-corrected chi connectivity index (χ2v) is 3.44. The van der Waals surface area contributed by atoms with Crippen molar-refractivity contribution in [1.29, 1.82) is 0 Å². The molecule has 2 aromatic heterocycles. The third-order valence-corrected chi connectivity index (χ3v) is 2.09. The van der Waals surface area contributed by atoms with Crippen molar-refractivity contribution in [2.24, 2.45) is 0 Å². The average Bonchev–Trinajstić information content (AvgIpc) is 2.45. The SMILES string of the molecule is CC.CC.Cc1ccc(-c2ccc(C)cn2)nc1. The lowest BCUT2D eigenvalue weighted by atomic mass is 10.2. The van der Waals surface area contributed by atoms with Gasteiger partial charge in [-0.1, -0.05) is 39.8 Å². The summed E-state index contributed by atoms with van der Waals surface area (Å²) in [6.07, 6.45) is 3.72. The molecular formula is C16H24N2. The van der Waals surface area contributed by atoms with Gasteiger partial charge in [-0.2, -0.15) is 0 Å². The molecule has 0 unspecified atom stereocenters. The summed E-state index contributed by atoms with van der Waals surface area (Å²) in [5.74, 6) is 0. The minimum Gasteiger partial charge on any atom is -0.254 e. The molecule has 2 heteroatoms. The third-order valence-electron chi connectivity index (χ3n) is 2.09. The first-order valence-electron chi connectivity index (χ1n) is 6.61. The Kier molecular flexibility index (Phi) is 8.46. The number of hydrogen-bond acceptors (Lipinski definition) is 2. The van der Waals surface area contributed by atoms with E-state index < -0.39 is 0 Å². The van der Waals surface area contributed by atoms with Crippen LogP contribution >= 0.6 is 0 Å². The summed E-state index contributed by atoms with van der Waals surface area (Å²) in [4.78, 5) is 8.63. The van der Waals surface area contributed by atoms with Gasteiger partial charge in [0.25, 0.3) is 0 Å². The Bertz CT molecular complexity index is 372. The van der Waals surface area contributed by atoms with Crippen LogP contribution in [0.4, 0.5) is 0 Å². The molecule has 0 aliphatic heterocycles. The number of hydrogen-bond donors (Lipinski definition) is 0. The number of aryl methyl sites for hydroxylation is 2. The fourth-order valence-corrected chi connectivity index (χ4v) is 1.24. The van der Waals surface area contributed by atoms with Crippen LogP contribution in [0.25, 0.3) is 11.4 Å². The molecule has 0 saturated heterocycles. The van der Waals surface area contributed by atoms with Gasteiger partial charge in [-0.3, -0.25) is 9.97 Å². The summed E-state index contributed by atoms with van der Waals surface area (Å²) in [6, 6.07) is 8.08. The zero-order valence-corrected chi connectivity index (χ0v) is 12.4. The summed E-state index contributed by atoms with van der Waals surface area (Å²) in [5, 5.41) is 0. The Hall–Kier alpha value is -1.70. The molecule has 0 saturated carbocycles. The lowest BCUT2D eigenvalue weighted by molar-refractivity contribution is 1.20. The lowest BCUT2D eigenvalue weighted by Gasteiger charge is -2.00. The van der Waals surface area contributed by atoms with Crippen molar-refractivity contribution in [3.8, 4) is 11.4 Å². The van der Waals surface area contributed by atoms with Gasteiger partial charge in [0.2, 0.25) is 0 Å². The summed E-state index contributed by atoms with van der Waals surface area (Å²) in [7, 11) is 0. The molecule has 0 amide bonds. The van der Waals surface area contributed by atoms with Crippen LogP contribution in [0.2, 0.25) is 0 Å². The maximum Gasteiger partial charge on any atom is 0.0886 e. The van der Waals surface area contributed by atoms with E-state index in [2.05, 4.69) is 9.97 Å². The van der Waals surface area contributed by atoms with Gasteiger partial charge in [0, 0.05) is 12.4 Å². The Balaban J connectivity index is 0.000000659. The number of rotatable bonds is 1. The summed E-state index contributed by atoms with van der Waals surface area (Å²) < 4.78 is 0. The maximum absolute atomic E-state index is 4.32. The molecule has 18 heavy (non-hydrogen) atoms.